The van der Waals surface area contributed by atoms with Gasteiger partial charge in [-0.3, -0.25) is 0 Å². The van der Waals surface area contributed by atoms with Crippen molar-refractivity contribution in [1.29, 1.82) is 0 Å². The maximum atomic E-state index is 5.29. The first-order valence-corrected chi connectivity index (χ1v) is 10.5. The van der Waals surface area contributed by atoms with Gasteiger partial charge < -0.3 is 9.47 Å². The molecule has 0 N–H and O–H groups in total. The zero-order valence-electron chi connectivity index (χ0n) is 16.3. The summed E-state index contributed by atoms with van der Waals surface area (Å²) in [6.07, 6.45) is 7.54. The number of rotatable bonds is 4. The minimum Gasteiger partial charge on any atom is -0.327 e. The third-order valence-electron chi connectivity index (χ3n) is 6.53. The van der Waals surface area contributed by atoms with Gasteiger partial charge in [-0.1, -0.05) is 49.2 Å². The number of nitrogens with zero attached hydrogens (tertiary/aromatic N) is 3. The lowest BCUT2D eigenvalue weighted by atomic mass is 9.98. The van der Waals surface area contributed by atoms with E-state index in [1.54, 1.807) is 0 Å². The third kappa shape index (κ3) is 3.19. The Hall–Kier alpha value is -2.13. The van der Waals surface area contributed by atoms with Crippen molar-refractivity contribution >= 4 is 11.0 Å². The summed E-state index contributed by atoms with van der Waals surface area (Å²) in [4.78, 5) is 7.72. The first-order valence-electron chi connectivity index (χ1n) is 10.5. The summed E-state index contributed by atoms with van der Waals surface area (Å²) in [6.45, 7) is 3.22. The van der Waals surface area contributed by atoms with Crippen molar-refractivity contribution in [3.8, 4) is 0 Å². The number of imidazole rings is 1. The van der Waals surface area contributed by atoms with E-state index in [0.29, 0.717) is 5.92 Å². The van der Waals surface area contributed by atoms with Gasteiger partial charge in [-0.15, -0.1) is 0 Å². The van der Waals surface area contributed by atoms with Crippen molar-refractivity contribution < 1.29 is 0 Å². The molecule has 2 heterocycles. The first kappa shape index (κ1) is 17.0. The lowest BCUT2D eigenvalue weighted by Gasteiger charge is -2.25. The fourth-order valence-corrected chi connectivity index (χ4v) is 4.99. The van der Waals surface area contributed by atoms with Gasteiger partial charge in [-0.25, -0.2) is 4.98 Å². The molecule has 1 aliphatic carbocycles. The second-order valence-electron chi connectivity index (χ2n) is 8.40. The highest BCUT2D eigenvalue weighted by Gasteiger charge is 2.26. The van der Waals surface area contributed by atoms with E-state index in [0.717, 1.165) is 32.5 Å². The number of aromatic nitrogens is 2. The Bertz CT molecular complexity index is 935. The van der Waals surface area contributed by atoms with Gasteiger partial charge >= 0.3 is 0 Å². The van der Waals surface area contributed by atoms with Crippen LogP contribution in [0.1, 0.15) is 54.1 Å². The van der Waals surface area contributed by atoms with E-state index in [-0.39, 0.29) is 0 Å². The van der Waals surface area contributed by atoms with Crippen molar-refractivity contribution in [3.63, 3.8) is 0 Å². The highest BCUT2D eigenvalue weighted by molar-refractivity contribution is 5.81. The smallest absolute Gasteiger partial charge is 0.113 e. The van der Waals surface area contributed by atoms with Crippen molar-refractivity contribution in [3.05, 3.63) is 65.0 Å². The van der Waals surface area contributed by atoms with E-state index < -0.39 is 0 Å². The molecule has 1 aromatic heterocycles. The molecule has 140 valence electrons. The molecule has 3 heteroatoms. The van der Waals surface area contributed by atoms with Crippen LogP contribution in [-0.2, 0) is 25.9 Å². The molecule has 0 bridgehead atoms. The van der Waals surface area contributed by atoms with Crippen LogP contribution < -0.4 is 0 Å². The molecule has 5 rings (SSSR count). The quantitative estimate of drug-likeness (QED) is 0.659. The molecule has 0 spiro atoms. The minimum atomic E-state index is 0.644. The Balaban J connectivity index is 1.58. The van der Waals surface area contributed by atoms with Gasteiger partial charge in [-0.2, -0.15) is 0 Å². The average Bonchev–Trinajstić information content (AvgIpc) is 3.35. The monoisotopic (exact) mass is 359 g/mol. The summed E-state index contributed by atoms with van der Waals surface area (Å²) in [5.41, 5.74) is 7.01. The number of hydrogen-bond donors (Lipinski definition) is 0. The number of fused-ring (bicyclic) bond motifs is 3. The largest absolute Gasteiger partial charge is 0.327 e. The molecule has 27 heavy (non-hydrogen) atoms. The summed E-state index contributed by atoms with van der Waals surface area (Å²) in [5.74, 6) is 1.99. The van der Waals surface area contributed by atoms with Crippen LogP contribution in [0.3, 0.4) is 0 Å². The maximum absolute atomic E-state index is 5.29. The van der Waals surface area contributed by atoms with E-state index in [9.17, 15) is 0 Å². The molecular weight excluding hydrogens is 330 g/mol. The molecule has 1 saturated carbocycles. The van der Waals surface area contributed by atoms with Crippen LogP contribution in [0.4, 0.5) is 0 Å². The summed E-state index contributed by atoms with van der Waals surface area (Å²) < 4.78 is 2.55. The van der Waals surface area contributed by atoms with Crippen LogP contribution in [0.15, 0.2) is 42.5 Å². The molecule has 0 radical (unpaired) electrons. The third-order valence-corrected chi connectivity index (χ3v) is 6.53. The molecule has 2 aromatic carbocycles. The van der Waals surface area contributed by atoms with Crippen molar-refractivity contribution in [2.75, 3.05) is 13.6 Å². The number of aryl methyl sites for hydroxylation is 2. The molecule has 0 atom stereocenters. The van der Waals surface area contributed by atoms with Crippen molar-refractivity contribution in [2.24, 2.45) is 0 Å². The van der Waals surface area contributed by atoms with Gasteiger partial charge in [0.05, 0.1) is 11.0 Å². The van der Waals surface area contributed by atoms with E-state index >= 15 is 0 Å². The fraction of sp³-hybridized carbons (Fsp3) is 0.458. The standard InChI is InChI=1S/C24H29N3/c1-26-15-14-19-11-12-22-23(21(19)17-26)25-24(20-9-5-6-10-20)27(22)16-13-18-7-3-2-4-8-18/h2-4,7-8,11-12,20H,5-6,9-10,13-17H2,1H3. The molecular formula is C24H29N3. The SMILES string of the molecule is CN1CCc2ccc3c(nc(C4CCCC4)n3CCc3ccccc3)c2C1. The molecule has 3 aromatic rings. The highest BCUT2D eigenvalue weighted by atomic mass is 15.1. The zero-order valence-corrected chi connectivity index (χ0v) is 16.3. The molecule has 1 fully saturated rings. The number of hydrogen-bond acceptors (Lipinski definition) is 2. The molecule has 2 aliphatic rings. The lowest BCUT2D eigenvalue weighted by molar-refractivity contribution is 0.314. The summed E-state index contributed by atoms with van der Waals surface area (Å²) in [6, 6.07) is 15.6. The highest BCUT2D eigenvalue weighted by Crippen LogP contribution is 2.37. The molecule has 1 aliphatic heterocycles. The van der Waals surface area contributed by atoms with Crippen LogP contribution in [-0.4, -0.2) is 28.0 Å². The predicted molar refractivity (Wildman–Crippen MR) is 111 cm³/mol. The maximum Gasteiger partial charge on any atom is 0.113 e. The van der Waals surface area contributed by atoms with Crippen LogP contribution in [0.2, 0.25) is 0 Å². The zero-order chi connectivity index (χ0) is 18.2. The minimum absolute atomic E-state index is 0.644. The van der Waals surface area contributed by atoms with E-state index in [4.69, 9.17) is 4.98 Å². The van der Waals surface area contributed by atoms with E-state index in [1.807, 2.05) is 0 Å². The Kier molecular flexibility index (Phi) is 4.48. The first-order chi connectivity index (χ1) is 13.3. The van der Waals surface area contributed by atoms with Crippen LogP contribution in [0.5, 0.6) is 0 Å². The van der Waals surface area contributed by atoms with Gasteiger partial charge in [0.2, 0.25) is 0 Å². The molecule has 0 saturated heterocycles. The Morgan fingerprint density at radius 2 is 1.85 bits per heavy atom. The Morgan fingerprint density at radius 3 is 2.67 bits per heavy atom. The fourth-order valence-electron chi connectivity index (χ4n) is 4.99. The van der Waals surface area contributed by atoms with Crippen molar-refractivity contribution in [1.82, 2.24) is 14.5 Å². The topological polar surface area (TPSA) is 21.1 Å². The van der Waals surface area contributed by atoms with Crippen molar-refractivity contribution in [2.45, 2.75) is 57.5 Å². The molecule has 0 unspecified atom stereocenters. The second-order valence-corrected chi connectivity index (χ2v) is 8.40. The predicted octanol–water partition coefficient (Wildman–Crippen LogP) is 4.92. The van der Waals surface area contributed by atoms with Crippen LogP contribution in [0.25, 0.3) is 11.0 Å². The van der Waals surface area contributed by atoms with E-state index in [2.05, 4.69) is 59.0 Å². The normalized spacial score (nSPS) is 18.3. The van der Waals surface area contributed by atoms with Gasteiger partial charge in [0.25, 0.3) is 0 Å². The Morgan fingerprint density at radius 1 is 1.04 bits per heavy atom. The van der Waals surface area contributed by atoms with Gasteiger partial charge in [-0.05, 0) is 55.5 Å². The van der Waals surface area contributed by atoms with Gasteiger partial charge in [0.15, 0.2) is 0 Å². The number of benzene rings is 2. The molecule has 3 nitrogen and oxygen atoms in total. The van der Waals surface area contributed by atoms with Gasteiger partial charge in [0.1, 0.15) is 5.82 Å². The van der Waals surface area contributed by atoms with Crippen LogP contribution >= 0.6 is 0 Å². The molecule has 0 amide bonds. The Labute approximate surface area is 162 Å². The summed E-state index contributed by atoms with van der Waals surface area (Å²) in [5, 5.41) is 0. The summed E-state index contributed by atoms with van der Waals surface area (Å²) in [7, 11) is 2.23. The second kappa shape index (κ2) is 7.12. The summed E-state index contributed by atoms with van der Waals surface area (Å²) >= 11 is 0. The van der Waals surface area contributed by atoms with Crippen LogP contribution in [0, 0.1) is 0 Å². The lowest BCUT2D eigenvalue weighted by Crippen LogP contribution is -2.26. The average molecular weight is 360 g/mol. The van der Waals surface area contributed by atoms with Gasteiger partial charge in [0, 0.05) is 25.6 Å². The van der Waals surface area contributed by atoms with E-state index in [1.165, 1.54) is 59.2 Å². The number of likely N-dealkylation sites (N-methyl/N-ethyl adjacent to an activating group) is 1.